The second-order valence-electron chi connectivity index (χ2n) is 5.20. The predicted octanol–water partition coefficient (Wildman–Crippen LogP) is 0.917. The lowest BCUT2D eigenvalue weighted by Gasteiger charge is -2.27. The van der Waals surface area contributed by atoms with Crippen molar-refractivity contribution >= 4 is 5.91 Å². The van der Waals surface area contributed by atoms with Crippen LogP contribution in [0.15, 0.2) is 18.2 Å². The van der Waals surface area contributed by atoms with Crippen LogP contribution in [0.25, 0.3) is 0 Å². The highest BCUT2D eigenvalue weighted by Crippen LogP contribution is 2.25. The van der Waals surface area contributed by atoms with E-state index in [9.17, 15) is 9.18 Å². The van der Waals surface area contributed by atoms with Crippen LogP contribution in [-0.4, -0.2) is 50.6 Å². The summed E-state index contributed by atoms with van der Waals surface area (Å²) in [4.78, 5) is 14.2. The second kappa shape index (κ2) is 7.38. The van der Waals surface area contributed by atoms with Crippen molar-refractivity contribution in [2.24, 2.45) is 0 Å². The van der Waals surface area contributed by atoms with Gasteiger partial charge in [-0.1, -0.05) is 0 Å². The predicted molar refractivity (Wildman–Crippen MR) is 78.8 cm³/mol. The zero-order valence-electron chi connectivity index (χ0n) is 12.5. The Morgan fingerprint density at radius 2 is 2.19 bits per heavy atom. The summed E-state index contributed by atoms with van der Waals surface area (Å²) in [6.07, 6.45) is 0. The van der Waals surface area contributed by atoms with Crippen LogP contribution in [0, 0.1) is 5.82 Å². The van der Waals surface area contributed by atoms with Gasteiger partial charge in [-0.3, -0.25) is 9.69 Å². The molecule has 0 aromatic heterocycles. The van der Waals surface area contributed by atoms with Gasteiger partial charge in [-0.2, -0.15) is 0 Å². The fourth-order valence-corrected chi connectivity index (χ4v) is 2.48. The van der Waals surface area contributed by atoms with Crippen LogP contribution in [0.2, 0.25) is 0 Å². The van der Waals surface area contributed by atoms with E-state index in [1.165, 1.54) is 19.2 Å². The number of hydrogen-bond donors (Lipinski definition) is 2. The van der Waals surface area contributed by atoms with Gasteiger partial charge >= 0.3 is 0 Å². The molecule has 0 aliphatic carbocycles. The molecule has 5 nitrogen and oxygen atoms in total. The first-order chi connectivity index (χ1) is 10.1. The van der Waals surface area contributed by atoms with Crippen LogP contribution in [0.4, 0.5) is 4.39 Å². The molecule has 1 aromatic rings. The molecule has 1 amide bonds. The molecule has 2 rings (SSSR count). The number of nitrogens with zero attached hydrogens (tertiary/aromatic N) is 1. The molecule has 0 spiro atoms. The van der Waals surface area contributed by atoms with Gasteiger partial charge in [0.2, 0.25) is 5.91 Å². The van der Waals surface area contributed by atoms with Gasteiger partial charge in [-0.15, -0.1) is 0 Å². The van der Waals surface area contributed by atoms with Crippen molar-refractivity contribution in [1.82, 2.24) is 15.5 Å². The number of carbonyl (C=O) groups excluding carboxylic acids is 1. The minimum Gasteiger partial charge on any atom is -0.496 e. The lowest BCUT2D eigenvalue weighted by atomic mass is 10.1. The second-order valence-corrected chi connectivity index (χ2v) is 5.20. The average molecular weight is 295 g/mol. The smallest absolute Gasteiger partial charge is 0.234 e. The van der Waals surface area contributed by atoms with Crippen LogP contribution in [0.1, 0.15) is 18.5 Å². The van der Waals surface area contributed by atoms with Crippen LogP contribution in [0.5, 0.6) is 5.75 Å². The Balaban J connectivity index is 1.95. The largest absolute Gasteiger partial charge is 0.496 e. The zero-order valence-corrected chi connectivity index (χ0v) is 12.5. The van der Waals surface area contributed by atoms with E-state index >= 15 is 0 Å². The van der Waals surface area contributed by atoms with Crippen molar-refractivity contribution in [3.8, 4) is 5.75 Å². The molecular formula is C15H22FN3O2. The molecule has 0 saturated carbocycles. The third-order valence-electron chi connectivity index (χ3n) is 3.61. The van der Waals surface area contributed by atoms with Crippen LogP contribution >= 0.6 is 0 Å². The quantitative estimate of drug-likeness (QED) is 0.848. The van der Waals surface area contributed by atoms with E-state index in [0.717, 1.165) is 26.2 Å². The fraction of sp³-hybridized carbons (Fsp3) is 0.533. The third-order valence-corrected chi connectivity index (χ3v) is 3.61. The first-order valence-electron chi connectivity index (χ1n) is 7.16. The number of piperazine rings is 1. The van der Waals surface area contributed by atoms with Crippen molar-refractivity contribution in [1.29, 1.82) is 0 Å². The van der Waals surface area contributed by atoms with Crippen LogP contribution in [0.3, 0.4) is 0 Å². The summed E-state index contributed by atoms with van der Waals surface area (Å²) in [7, 11) is 1.53. The third kappa shape index (κ3) is 4.41. The Morgan fingerprint density at radius 1 is 1.48 bits per heavy atom. The number of methoxy groups -OCH3 is 1. The van der Waals surface area contributed by atoms with E-state index in [4.69, 9.17) is 4.74 Å². The van der Waals surface area contributed by atoms with Gasteiger partial charge in [-0.25, -0.2) is 4.39 Å². The number of amides is 1. The summed E-state index contributed by atoms with van der Waals surface area (Å²) in [5, 5.41) is 6.14. The lowest BCUT2D eigenvalue weighted by molar-refractivity contribution is -0.123. The first kappa shape index (κ1) is 15.7. The Morgan fingerprint density at radius 3 is 2.86 bits per heavy atom. The molecule has 0 bridgehead atoms. The van der Waals surface area contributed by atoms with Gasteiger partial charge in [0, 0.05) is 31.7 Å². The van der Waals surface area contributed by atoms with Crippen LogP contribution in [-0.2, 0) is 4.79 Å². The maximum atomic E-state index is 13.4. The van der Waals surface area contributed by atoms with E-state index in [-0.39, 0.29) is 17.8 Å². The van der Waals surface area contributed by atoms with Gasteiger partial charge in [-0.05, 0) is 25.1 Å². The zero-order chi connectivity index (χ0) is 15.2. The van der Waals surface area contributed by atoms with Crippen molar-refractivity contribution in [2.45, 2.75) is 13.0 Å². The summed E-state index contributed by atoms with van der Waals surface area (Å²) in [6, 6.07) is 4.02. The van der Waals surface area contributed by atoms with Gasteiger partial charge in [0.05, 0.1) is 19.7 Å². The van der Waals surface area contributed by atoms with E-state index < -0.39 is 0 Å². The number of carbonyl (C=O) groups is 1. The molecule has 1 atom stereocenters. The number of halogens is 1. The molecule has 6 heteroatoms. The number of rotatable bonds is 5. The highest BCUT2D eigenvalue weighted by Gasteiger charge is 2.18. The maximum absolute atomic E-state index is 13.4. The molecule has 21 heavy (non-hydrogen) atoms. The highest BCUT2D eigenvalue weighted by molar-refractivity contribution is 5.78. The Labute approximate surface area is 124 Å². The molecular weight excluding hydrogens is 273 g/mol. The standard InChI is InChI=1S/C15H22FN3O2/c1-11(13-9-12(16)3-4-14(13)21-2)18-15(20)10-19-7-5-17-6-8-19/h3-4,9,11,17H,5-8,10H2,1-2H3,(H,18,20). The molecule has 116 valence electrons. The summed E-state index contributed by atoms with van der Waals surface area (Å²) in [6.45, 7) is 5.73. The van der Waals surface area contributed by atoms with Crippen molar-refractivity contribution in [2.75, 3.05) is 39.8 Å². The summed E-state index contributed by atoms with van der Waals surface area (Å²) in [5.74, 6) is 0.177. The monoisotopic (exact) mass is 295 g/mol. The summed E-state index contributed by atoms with van der Waals surface area (Å²) >= 11 is 0. The number of hydrogen-bond acceptors (Lipinski definition) is 4. The van der Waals surface area contributed by atoms with Crippen molar-refractivity contribution < 1.29 is 13.9 Å². The Bertz CT molecular complexity index is 490. The van der Waals surface area contributed by atoms with Gasteiger partial charge in [0.15, 0.2) is 0 Å². The average Bonchev–Trinajstić information content (AvgIpc) is 2.48. The van der Waals surface area contributed by atoms with Gasteiger partial charge in [0.25, 0.3) is 0 Å². The minimum absolute atomic E-state index is 0.0595. The highest BCUT2D eigenvalue weighted by atomic mass is 19.1. The molecule has 0 radical (unpaired) electrons. The minimum atomic E-state index is -0.339. The Kier molecular flexibility index (Phi) is 5.52. The van der Waals surface area contributed by atoms with E-state index in [1.807, 2.05) is 6.92 Å². The molecule has 2 N–H and O–H groups in total. The molecule has 1 aliphatic heterocycles. The van der Waals surface area contributed by atoms with Gasteiger partial charge in [0.1, 0.15) is 11.6 Å². The molecule has 1 aromatic carbocycles. The van der Waals surface area contributed by atoms with E-state index in [0.29, 0.717) is 17.9 Å². The molecule has 1 aliphatic rings. The number of nitrogens with one attached hydrogen (secondary N) is 2. The van der Waals surface area contributed by atoms with Crippen molar-refractivity contribution in [3.63, 3.8) is 0 Å². The summed E-state index contributed by atoms with van der Waals surface area (Å²) < 4.78 is 18.6. The van der Waals surface area contributed by atoms with Gasteiger partial charge < -0.3 is 15.4 Å². The Hall–Kier alpha value is -1.66. The fourth-order valence-electron chi connectivity index (χ4n) is 2.48. The SMILES string of the molecule is COc1ccc(F)cc1C(C)NC(=O)CN1CCNCC1. The lowest BCUT2D eigenvalue weighted by Crippen LogP contribution is -2.47. The van der Waals surface area contributed by atoms with Crippen molar-refractivity contribution in [3.05, 3.63) is 29.6 Å². The van der Waals surface area contributed by atoms with E-state index in [2.05, 4.69) is 15.5 Å². The first-order valence-corrected chi connectivity index (χ1v) is 7.16. The molecule has 1 heterocycles. The summed E-state index contributed by atoms with van der Waals surface area (Å²) in [5.41, 5.74) is 0.645. The topological polar surface area (TPSA) is 53.6 Å². The van der Waals surface area contributed by atoms with E-state index in [1.54, 1.807) is 6.07 Å². The number of ether oxygens (including phenoxy) is 1. The van der Waals surface area contributed by atoms with Crippen LogP contribution < -0.4 is 15.4 Å². The molecule has 1 unspecified atom stereocenters. The maximum Gasteiger partial charge on any atom is 0.234 e. The molecule has 1 fully saturated rings. The normalized spacial score (nSPS) is 17.3. The number of benzene rings is 1. The molecule has 1 saturated heterocycles.